The van der Waals surface area contributed by atoms with Crippen LogP contribution in [0, 0.1) is 0 Å². The van der Waals surface area contributed by atoms with E-state index in [2.05, 4.69) is 54.6 Å². The number of imidazole rings is 1. The van der Waals surface area contributed by atoms with Gasteiger partial charge in [0.2, 0.25) is 0 Å². The molecule has 0 spiro atoms. The van der Waals surface area contributed by atoms with Crippen molar-refractivity contribution in [2.45, 2.75) is 19.4 Å². The van der Waals surface area contributed by atoms with Crippen molar-refractivity contribution in [3.63, 3.8) is 0 Å². The Labute approximate surface area is 225 Å². The first-order chi connectivity index (χ1) is 18.5. The minimum absolute atomic E-state index is 0.0436. The van der Waals surface area contributed by atoms with E-state index in [0.717, 1.165) is 60.8 Å². The van der Waals surface area contributed by atoms with Crippen LogP contribution in [-0.2, 0) is 6.42 Å². The Morgan fingerprint density at radius 1 is 1.00 bits per heavy atom. The Hall–Kier alpha value is -4.08. The molecule has 6 rings (SSSR count). The topological polar surface area (TPSA) is 95.8 Å². The molecule has 1 aliphatic heterocycles. The number of fused-ring (bicyclic) bond motifs is 1. The number of anilines is 1. The number of aromatic nitrogens is 6. The number of nitrogens with one attached hydrogen (secondary N) is 1. The highest BCUT2D eigenvalue weighted by atomic mass is 35.5. The van der Waals surface area contributed by atoms with Gasteiger partial charge in [0.05, 0.1) is 28.5 Å². The molecule has 0 amide bonds. The smallest absolute Gasteiger partial charge is 0.159 e. The average molecular weight is 527 g/mol. The van der Waals surface area contributed by atoms with Crippen molar-refractivity contribution < 1.29 is 4.79 Å². The van der Waals surface area contributed by atoms with Crippen LogP contribution in [0.5, 0.6) is 0 Å². The SMILES string of the molecule is CC(=O)c1ccc2nc(C(Cc3ccccc3)N3CCN(c4cc(Cl)ccc4-n4cnnn4)CC3)[nH]c2c1. The number of piperazine rings is 1. The van der Waals surface area contributed by atoms with Crippen molar-refractivity contribution in [3.8, 4) is 5.69 Å². The van der Waals surface area contributed by atoms with E-state index in [1.807, 2.05) is 42.5 Å². The molecule has 0 aliphatic carbocycles. The van der Waals surface area contributed by atoms with Gasteiger partial charge in [-0.15, -0.1) is 5.10 Å². The van der Waals surface area contributed by atoms with Crippen LogP contribution in [0.4, 0.5) is 5.69 Å². The van der Waals surface area contributed by atoms with Gasteiger partial charge in [0.15, 0.2) is 5.78 Å². The van der Waals surface area contributed by atoms with E-state index in [1.54, 1.807) is 17.9 Å². The number of nitrogens with zero attached hydrogens (tertiary/aromatic N) is 7. The van der Waals surface area contributed by atoms with Gasteiger partial charge in [-0.05, 0) is 65.7 Å². The monoisotopic (exact) mass is 526 g/mol. The molecular weight excluding hydrogens is 500 g/mol. The van der Waals surface area contributed by atoms with Gasteiger partial charge in [-0.1, -0.05) is 41.9 Å². The number of hydrogen-bond acceptors (Lipinski definition) is 7. The summed E-state index contributed by atoms with van der Waals surface area (Å²) in [5.74, 6) is 0.956. The summed E-state index contributed by atoms with van der Waals surface area (Å²) in [5, 5.41) is 12.3. The fourth-order valence-corrected chi connectivity index (χ4v) is 5.30. The van der Waals surface area contributed by atoms with Gasteiger partial charge in [-0.25, -0.2) is 4.98 Å². The van der Waals surface area contributed by atoms with E-state index in [9.17, 15) is 4.79 Å². The van der Waals surface area contributed by atoms with Crippen molar-refractivity contribution in [3.05, 3.63) is 95.0 Å². The van der Waals surface area contributed by atoms with Crippen molar-refractivity contribution >= 4 is 34.1 Å². The lowest BCUT2D eigenvalue weighted by Gasteiger charge is -2.40. The Bertz CT molecular complexity index is 1560. The van der Waals surface area contributed by atoms with Crippen LogP contribution in [0.1, 0.15) is 34.7 Å². The van der Waals surface area contributed by atoms with Gasteiger partial charge < -0.3 is 9.88 Å². The number of rotatable bonds is 7. The van der Waals surface area contributed by atoms with E-state index in [0.29, 0.717) is 10.6 Å². The molecule has 0 radical (unpaired) electrons. The van der Waals surface area contributed by atoms with Gasteiger partial charge in [0, 0.05) is 36.8 Å². The third-order valence-corrected chi connectivity index (χ3v) is 7.36. The first-order valence-corrected chi connectivity index (χ1v) is 13.0. The maximum Gasteiger partial charge on any atom is 0.159 e. The van der Waals surface area contributed by atoms with Gasteiger partial charge >= 0.3 is 0 Å². The molecule has 1 fully saturated rings. The molecule has 1 N–H and O–H groups in total. The number of aromatic amines is 1. The number of ketones is 1. The fourth-order valence-electron chi connectivity index (χ4n) is 5.13. The second kappa shape index (κ2) is 10.4. The lowest BCUT2D eigenvalue weighted by atomic mass is 10.0. The van der Waals surface area contributed by atoms with E-state index in [1.165, 1.54) is 5.56 Å². The van der Waals surface area contributed by atoms with Crippen LogP contribution in [0.15, 0.2) is 73.1 Å². The summed E-state index contributed by atoms with van der Waals surface area (Å²) in [4.78, 5) is 25.2. The van der Waals surface area contributed by atoms with Crippen molar-refractivity contribution in [1.82, 2.24) is 35.1 Å². The number of hydrogen-bond donors (Lipinski definition) is 1. The standard InChI is InChI=1S/C28H27ClN8O/c1-19(38)21-7-9-23-24(16-21)32-28(31-23)27(15-20-5-3-2-4-6-20)36-13-11-35(12-14-36)26-17-22(29)8-10-25(26)37-18-30-33-34-37/h2-10,16-18,27H,11-15H2,1H3,(H,31,32). The van der Waals surface area contributed by atoms with Crippen LogP contribution >= 0.6 is 11.6 Å². The highest BCUT2D eigenvalue weighted by Gasteiger charge is 2.29. The molecule has 1 atom stereocenters. The molecule has 9 nitrogen and oxygen atoms in total. The van der Waals surface area contributed by atoms with E-state index in [-0.39, 0.29) is 11.8 Å². The van der Waals surface area contributed by atoms with Gasteiger partial charge in [-0.3, -0.25) is 9.69 Å². The molecule has 1 aliphatic rings. The molecule has 5 aromatic rings. The maximum absolute atomic E-state index is 11.9. The highest BCUT2D eigenvalue weighted by molar-refractivity contribution is 6.31. The molecule has 38 heavy (non-hydrogen) atoms. The lowest BCUT2D eigenvalue weighted by molar-refractivity contribution is 0.101. The number of H-pyrrole nitrogens is 1. The second-order valence-corrected chi connectivity index (χ2v) is 9.96. The first-order valence-electron chi connectivity index (χ1n) is 12.6. The molecule has 3 heterocycles. The largest absolute Gasteiger partial charge is 0.367 e. The van der Waals surface area contributed by atoms with Crippen LogP contribution in [0.3, 0.4) is 0 Å². The maximum atomic E-state index is 11.9. The predicted octanol–water partition coefficient (Wildman–Crippen LogP) is 4.50. The summed E-state index contributed by atoms with van der Waals surface area (Å²) in [6.45, 7) is 4.90. The quantitative estimate of drug-likeness (QED) is 0.312. The molecule has 10 heteroatoms. The number of carbonyl (C=O) groups excluding carboxylic acids is 1. The normalized spacial score (nSPS) is 15.2. The zero-order valence-corrected chi connectivity index (χ0v) is 21.7. The van der Waals surface area contributed by atoms with Crippen LogP contribution < -0.4 is 4.90 Å². The van der Waals surface area contributed by atoms with E-state index >= 15 is 0 Å². The Kier molecular flexibility index (Phi) is 6.61. The average Bonchev–Trinajstić information content (AvgIpc) is 3.62. The third-order valence-electron chi connectivity index (χ3n) is 7.12. The summed E-state index contributed by atoms with van der Waals surface area (Å²) in [5.41, 5.74) is 5.58. The number of carbonyl (C=O) groups is 1. The van der Waals surface area contributed by atoms with Crippen LogP contribution in [0.2, 0.25) is 5.02 Å². The highest BCUT2D eigenvalue weighted by Crippen LogP contribution is 2.31. The molecule has 1 unspecified atom stereocenters. The summed E-state index contributed by atoms with van der Waals surface area (Å²) in [6, 6.07) is 22.0. The number of tetrazole rings is 1. The molecule has 3 aromatic carbocycles. The zero-order valence-electron chi connectivity index (χ0n) is 21.0. The minimum Gasteiger partial charge on any atom is -0.367 e. The summed E-state index contributed by atoms with van der Waals surface area (Å²) in [6.07, 6.45) is 2.42. The summed E-state index contributed by atoms with van der Waals surface area (Å²) >= 11 is 6.38. The third kappa shape index (κ3) is 4.90. The predicted molar refractivity (Wildman–Crippen MR) is 147 cm³/mol. The molecule has 0 saturated carbocycles. The lowest BCUT2D eigenvalue weighted by Crippen LogP contribution is -2.48. The molecule has 1 saturated heterocycles. The Balaban J connectivity index is 1.28. The van der Waals surface area contributed by atoms with E-state index < -0.39 is 0 Å². The zero-order chi connectivity index (χ0) is 26.1. The van der Waals surface area contributed by atoms with Crippen LogP contribution in [-0.4, -0.2) is 67.0 Å². The van der Waals surface area contributed by atoms with Crippen LogP contribution in [0.25, 0.3) is 16.7 Å². The summed E-state index contributed by atoms with van der Waals surface area (Å²) < 4.78 is 1.67. The number of benzene rings is 3. The number of Topliss-reactive ketones (excluding diaryl/α,β-unsaturated/α-hetero) is 1. The first kappa shape index (κ1) is 24.3. The molecule has 0 bridgehead atoms. The Morgan fingerprint density at radius 3 is 2.55 bits per heavy atom. The van der Waals surface area contributed by atoms with Crippen molar-refractivity contribution in [2.75, 3.05) is 31.1 Å². The van der Waals surface area contributed by atoms with Crippen molar-refractivity contribution in [2.24, 2.45) is 0 Å². The minimum atomic E-state index is 0.0436. The van der Waals surface area contributed by atoms with Crippen molar-refractivity contribution in [1.29, 1.82) is 0 Å². The van der Waals surface area contributed by atoms with Gasteiger partial charge in [0.25, 0.3) is 0 Å². The van der Waals surface area contributed by atoms with Gasteiger partial charge in [0.1, 0.15) is 12.2 Å². The van der Waals surface area contributed by atoms with Gasteiger partial charge in [-0.2, -0.15) is 4.68 Å². The second-order valence-electron chi connectivity index (χ2n) is 9.53. The number of halogens is 1. The summed E-state index contributed by atoms with van der Waals surface area (Å²) in [7, 11) is 0. The molecular formula is C28H27ClN8O. The molecule has 2 aromatic heterocycles. The fraction of sp³-hybridized carbons (Fsp3) is 0.250. The molecule has 192 valence electrons. The Morgan fingerprint density at radius 2 is 1.82 bits per heavy atom. The van der Waals surface area contributed by atoms with E-state index in [4.69, 9.17) is 16.6 Å².